The van der Waals surface area contributed by atoms with Gasteiger partial charge < -0.3 is 15.6 Å². The summed E-state index contributed by atoms with van der Waals surface area (Å²) in [6, 6.07) is 6.65. The van der Waals surface area contributed by atoms with Gasteiger partial charge in [0.2, 0.25) is 0 Å². The summed E-state index contributed by atoms with van der Waals surface area (Å²) in [5, 5.41) is 9.70. The van der Waals surface area contributed by atoms with Crippen molar-refractivity contribution in [2.24, 2.45) is 0 Å². The molecule has 3 nitrogen and oxygen atoms in total. The van der Waals surface area contributed by atoms with Crippen LogP contribution in [0.5, 0.6) is 0 Å². The van der Waals surface area contributed by atoms with Gasteiger partial charge in [0.15, 0.2) is 0 Å². The minimum atomic E-state index is -4.16. The third-order valence-corrected chi connectivity index (χ3v) is 2.32. The molecule has 102 valence electrons. The Morgan fingerprint density at radius 3 is 2.67 bits per heavy atom. The fourth-order valence-electron chi connectivity index (χ4n) is 1.43. The topological polar surface area (TPSA) is 55.5 Å². The number of halogens is 3. The van der Waals surface area contributed by atoms with E-state index in [0.717, 1.165) is 0 Å². The highest BCUT2D eigenvalue weighted by Crippen LogP contribution is 2.21. The molecule has 1 aromatic rings. The molecule has 1 rings (SSSR count). The summed E-state index contributed by atoms with van der Waals surface area (Å²) in [5.41, 5.74) is 6.65. The molecule has 6 heteroatoms. The summed E-state index contributed by atoms with van der Waals surface area (Å²) < 4.78 is 40.5. The third kappa shape index (κ3) is 5.88. The van der Waals surface area contributed by atoms with Crippen molar-refractivity contribution in [2.75, 3.05) is 18.9 Å². The molecule has 0 aromatic heterocycles. The zero-order valence-corrected chi connectivity index (χ0v) is 9.78. The largest absolute Gasteiger partial charge is 0.399 e. The normalized spacial score (nSPS) is 13.6. The predicted octanol–water partition coefficient (Wildman–Crippen LogP) is 2.66. The molecule has 0 fully saturated rings. The van der Waals surface area contributed by atoms with Gasteiger partial charge in [-0.2, -0.15) is 13.2 Å². The van der Waals surface area contributed by atoms with Gasteiger partial charge in [-0.15, -0.1) is 0 Å². The first-order valence-corrected chi connectivity index (χ1v) is 5.56. The van der Waals surface area contributed by atoms with Crippen LogP contribution in [-0.4, -0.2) is 24.5 Å². The minimum absolute atomic E-state index is 0.0289. The van der Waals surface area contributed by atoms with E-state index in [1.807, 2.05) is 0 Å². The predicted molar refractivity (Wildman–Crippen MR) is 61.9 cm³/mol. The fourth-order valence-corrected chi connectivity index (χ4v) is 1.43. The van der Waals surface area contributed by atoms with E-state index in [2.05, 4.69) is 0 Å². The maximum absolute atomic E-state index is 11.8. The number of nitrogens with two attached hydrogens (primary N) is 1. The molecule has 3 N–H and O–H groups in total. The summed E-state index contributed by atoms with van der Waals surface area (Å²) in [5.74, 6) is 0. The van der Waals surface area contributed by atoms with E-state index in [0.29, 0.717) is 11.3 Å². The van der Waals surface area contributed by atoms with Crippen LogP contribution in [0.25, 0.3) is 0 Å². The van der Waals surface area contributed by atoms with Crippen LogP contribution in [0.3, 0.4) is 0 Å². The standard InChI is InChI=1S/C12H16F3NO2/c13-12(14,15)5-2-6-18-8-11(17)9-3-1-4-10(16)7-9/h1,3-4,7,11,17H,2,5-6,8,16H2. The molecule has 1 aromatic carbocycles. The van der Waals surface area contributed by atoms with Crippen molar-refractivity contribution < 1.29 is 23.0 Å². The summed E-state index contributed by atoms with van der Waals surface area (Å²) in [6.07, 6.45) is -6.01. The zero-order chi connectivity index (χ0) is 13.6. The number of aliphatic hydroxyl groups excluding tert-OH is 1. The summed E-state index contributed by atoms with van der Waals surface area (Å²) in [4.78, 5) is 0. The summed E-state index contributed by atoms with van der Waals surface area (Å²) in [7, 11) is 0. The van der Waals surface area contributed by atoms with Crippen LogP contribution in [0.1, 0.15) is 24.5 Å². The molecular weight excluding hydrogens is 247 g/mol. The molecule has 1 atom stereocenters. The van der Waals surface area contributed by atoms with Crippen LogP contribution in [-0.2, 0) is 4.74 Å². The zero-order valence-electron chi connectivity index (χ0n) is 9.78. The lowest BCUT2D eigenvalue weighted by molar-refractivity contribution is -0.138. The number of hydrogen-bond donors (Lipinski definition) is 2. The number of alkyl halides is 3. The highest BCUT2D eigenvalue weighted by molar-refractivity contribution is 5.41. The fraction of sp³-hybridized carbons (Fsp3) is 0.500. The van der Waals surface area contributed by atoms with E-state index in [4.69, 9.17) is 10.5 Å². The average molecular weight is 263 g/mol. The molecular formula is C12H16F3NO2. The number of ether oxygens (including phenoxy) is 1. The van der Waals surface area contributed by atoms with Gasteiger partial charge in [0.1, 0.15) is 6.10 Å². The minimum Gasteiger partial charge on any atom is -0.399 e. The Balaban J connectivity index is 2.23. The molecule has 0 saturated carbocycles. The Morgan fingerprint density at radius 1 is 1.33 bits per heavy atom. The first kappa shape index (κ1) is 14.8. The summed E-state index contributed by atoms with van der Waals surface area (Å²) >= 11 is 0. The molecule has 0 aliphatic heterocycles. The second-order valence-electron chi connectivity index (χ2n) is 3.98. The monoisotopic (exact) mass is 263 g/mol. The lowest BCUT2D eigenvalue weighted by atomic mass is 10.1. The molecule has 1 unspecified atom stereocenters. The molecule has 0 heterocycles. The number of nitrogen functional groups attached to an aromatic ring is 1. The first-order valence-electron chi connectivity index (χ1n) is 5.56. The van der Waals surface area contributed by atoms with Gasteiger partial charge in [-0.1, -0.05) is 12.1 Å². The lowest BCUT2D eigenvalue weighted by Crippen LogP contribution is -2.11. The highest BCUT2D eigenvalue weighted by atomic mass is 19.4. The van der Waals surface area contributed by atoms with Crippen LogP contribution in [0, 0.1) is 0 Å². The van der Waals surface area contributed by atoms with E-state index in [1.165, 1.54) is 0 Å². The number of rotatable bonds is 6. The van der Waals surface area contributed by atoms with Crippen molar-refractivity contribution >= 4 is 5.69 Å². The smallest absolute Gasteiger partial charge is 0.389 e. The van der Waals surface area contributed by atoms with Gasteiger partial charge in [0.05, 0.1) is 6.61 Å². The van der Waals surface area contributed by atoms with Crippen LogP contribution in [0.15, 0.2) is 24.3 Å². The van der Waals surface area contributed by atoms with Gasteiger partial charge in [0, 0.05) is 18.7 Å². The molecule has 0 bridgehead atoms. The van der Waals surface area contributed by atoms with Crippen molar-refractivity contribution in [3.8, 4) is 0 Å². The van der Waals surface area contributed by atoms with Crippen LogP contribution >= 0.6 is 0 Å². The molecule has 0 amide bonds. The van der Waals surface area contributed by atoms with Crippen molar-refractivity contribution in [2.45, 2.75) is 25.1 Å². The maximum Gasteiger partial charge on any atom is 0.389 e. The maximum atomic E-state index is 11.8. The van der Waals surface area contributed by atoms with E-state index in [1.54, 1.807) is 24.3 Å². The van der Waals surface area contributed by atoms with Crippen LogP contribution < -0.4 is 5.73 Å². The average Bonchev–Trinajstić information content (AvgIpc) is 2.26. The van der Waals surface area contributed by atoms with Crippen molar-refractivity contribution in [3.63, 3.8) is 0 Å². The van der Waals surface area contributed by atoms with E-state index in [-0.39, 0.29) is 19.6 Å². The van der Waals surface area contributed by atoms with E-state index >= 15 is 0 Å². The highest BCUT2D eigenvalue weighted by Gasteiger charge is 2.25. The van der Waals surface area contributed by atoms with Gasteiger partial charge in [0.25, 0.3) is 0 Å². The SMILES string of the molecule is Nc1cccc(C(O)COCCCC(F)(F)F)c1. The second-order valence-corrected chi connectivity index (χ2v) is 3.98. The van der Waals surface area contributed by atoms with Gasteiger partial charge >= 0.3 is 6.18 Å². The Labute approximate surface area is 103 Å². The first-order chi connectivity index (χ1) is 8.38. The molecule has 0 saturated heterocycles. The Bertz CT molecular complexity index is 369. The van der Waals surface area contributed by atoms with Gasteiger partial charge in [-0.3, -0.25) is 0 Å². The molecule has 0 aliphatic carbocycles. The molecule has 0 aliphatic rings. The summed E-state index contributed by atoms with van der Waals surface area (Å²) in [6.45, 7) is -0.0692. The Morgan fingerprint density at radius 2 is 2.06 bits per heavy atom. The van der Waals surface area contributed by atoms with Crippen LogP contribution in [0.2, 0.25) is 0 Å². The quantitative estimate of drug-likeness (QED) is 0.613. The molecule has 0 spiro atoms. The van der Waals surface area contributed by atoms with E-state index in [9.17, 15) is 18.3 Å². The Hall–Kier alpha value is -1.27. The third-order valence-electron chi connectivity index (χ3n) is 2.32. The van der Waals surface area contributed by atoms with Gasteiger partial charge in [-0.25, -0.2) is 0 Å². The number of hydrogen-bond acceptors (Lipinski definition) is 3. The number of benzene rings is 1. The van der Waals surface area contributed by atoms with Crippen molar-refractivity contribution in [3.05, 3.63) is 29.8 Å². The number of anilines is 1. The number of aliphatic hydroxyl groups is 1. The molecule has 18 heavy (non-hydrogen) atoms. The van der Waals surface area contributed by atoms with Crippen molar-refractivity contribution in [1.82, 2.24) is 0 Å². The van der Waals surface area contributed by atoms with Crippen LogP contribution in [0.4, 0.5) is 18.9 Å². The second kappa shape index (κ2) is 6.61. The Kier molecular flexibility index (Phi) is 5.43. The lowest BCUT2D eigenvalue weighted by Gasteiger charge is -2.12. The van der Waals surface area contributed by atoms with Gasteiger partial charge in [-0.05, 0) is 24.1 Å². The van der Waals surface area contributed by atoms with Crippen molar-refractivity contribution in [1.29, 1.82) is 0 Å². The molecule has 0 radical (unpaired) electrons. The van der Waals surface area contributed by atoms with E-state index < -0.39 is 18.7 Å².